The lowest BCUT2D eigenvalue weighted by Crippen LogP contribution is -3.10. The molecule has 0 atom stereocenters. The Morgan fingerprint density at radius 3 is 2.29 bits per heavy atom. The maximum absolute atomic E-state index is 12.4. The summed E-state index contributed by atoms with van der Waals surface area (Å²) in [5.41, 5.74) is 1.30. The Balaban J connectivity index is 1.50. The van der Waals surface area contributed by atoms with Gasteiger partial charge in [0.2, 0.25) is 10.0 Å². The normalized spacial score (nSPS) is 20.5. The summed E-state index contributed by atoms with van der Waals surface area (Å²) in [6.07, 6.45) is 9.95. The van der Waals surface area contributed by atoms with E-state index in [4.69, 9.17) is 0 Å². The van der Waals surface area contributed by atoms with Gasteiger partial charge in [0.25, 0.3) is 0 Å². The zero-order valence-corrected chi connectivity index (χ0v) is 15.4. The van der Waals surface area contributed by atoms with Crippen molar-refractivity contribution in [3.8, 4) is 0 Å². The van der Waals surface area contributed by atoms with Gasteiger partial charge in [0, 0.05) is 25.8 Å². The molecule has 1 saturated heterocycles. The van der Waals surface area contributed by atoms with Crippen molar-refractivity contribution in [3.63, 3.8) is 0 Å². The molecule has 0 unspecified atom stereocenters. The molecule has 0 radical (unpaired) electrons. The van der Waals surface area contributed by atoms with E-state index >= 15 is 0 Å². The van der Waals surface area contributed by atoms with Crippen LogP contribution >= 0.6 is 0 Å². The molecule has 1 heterocycles. The SMILES string of the molecule is O=S(=O)(NCCC[NH+]1CCCC1)c1ccc(C2CCCCC2)cc1. The molecule has 1 aliphatic carbocycles. The second-order valence-electron chi connectivity index (χ2n) is 7.36. The summed E-state index contributed by atoms with van der Waals surface area (Å²) in [4.78, 5) is 2.02. The lowest BCUT2D eigenvalue weighted by Gasteiger charge is -2.22. The van der Waals surface area contributed by atoms with E-state index in [1.807, 2.05) is 12.1 Å². The standard InChI is InChI=1S/C19H30N2O2S/c22-24(23,20-13-6-16-21-14-4-5-15-21)19-11-9-18(10-12-19)17-7-2-1-3-8-17/h9-12,17,20H,1-8,13-16H2/p+1. The van der Waals surface area contributed by atoms with Gasteiger partial charge in [0.15, 0.2) is 0 Å². The molecule has 2 fully saturated rings. The molecular weight excluding hydrogens is 320 g/mol. The van der Waals surface area contributed by atoms with Gasteiger partial charge in [-0.3, -0.25) is 0 Å². The summed E-state index contributed by atoms with van der Waals surface area (Å²) in [5.74, 6) is 0.617. The van der Waals surface area contributed by atoms with E-state index in [-0.39, 0.29) is 0 Å². The number of likely N-dealkylation sites (tertiary alicyclic amines) is 1. The van der Waals surface area contributed by atoms with Crippen LogP contribution in [0.3, 0.4) is 0 Å². The van der Waals surface area contributed by atoms with Gasteiger partial charge >= 0.3 is 0 Å². The van der Waals surface area contributed by atoms with E-state index in [2.05, 4.69) is 4.72 Å². The first-order valence-corrected chi connectivity index (χ1v) is 11.1. The minimum atomic E-state index is -3.36. The maximum atomic E-state index is 12.4. The predicted molar refractivity (Wildman–Crippen MR) is 96.9 cm³/mol. The Morgan fingerprint density at radius 1 is 0.958 bits per heavy atom. The Kier molecular flexibility index (Phi) is 6.31. The first-order valence-electron chi connectivity index (χ1n) is 9.58. The molecule has 4 nitrogen and oxygen atoms in total. The van der Waals surface area contributed by atoms with Crippen LogP contribution in [0.25, 0.3) is 0 Å². The summed E-state index contributed by atoms with van der Waals surface area (Å²) in [6.45, 7) is 4.10. The van der Waals surface area contributed by atoms with Crippen molar-refractivity contribution in [1.29, 1.82) is 0 Å². The highest BCUT2D eigenvalue weighted by Crippen LogP contribution is 2.32. The average Bonchev–Trinajstić information content (AvgIpc) is 3.13. The molecule has 1 aromatic carbocycles. The van der Waals surface area contributed by atoms with Crippen LogP contribution in [0, 0.1) is 0 Å². The molecule has 0 spiro atoms. The highest BCUT2D eigenvalue weighted by Gasteiger charge is 2.19. The fourth-order valence-electron chi connectivity index (χ4n) is 4.11. The predicted octanol–water partition coefficient (Wildman–Crippen LogP) is 2.08. The van der Waals surface area contributed by atoms with Gasteiger partial charge in [0.05, 0.1) is 24.5 Å². The fraction of sp³-hybridized carbons (Fsp3) is 0.684. The second-order valence-corrected chi connectivity index (χ2v) is 9.13. The molecule has 24 heavy (non-hydrogen) atoms. The molecule has 1 aromatic rings. The van der Waals surface area contributed by atoms with Gasteiger partial charge in [-0.2, -0.15) is 0 Å². The Labute approximate surface area is 146 Å². The number of sulfonamides is 1. The van der Waals surface area contributed by atoms with Crippen LogP contribution < -0.4 is 9.62 Å². The van der Waals surface area contributed by atoms with Gasteiger partial charge in [-0.1, -0.05) is 31.4 Å². The van der Waals surface area contributed by atoms with Crippen molar-refractivity contribution < 1.29 is 13.3 Å². The Hall–Kier alpha value is -0.910. The fourth-order valence-corrected chi connectivity index (χ4v) is 5.18. The number of hydrogen-bond donors (Lipinski definition) is 2. The molecule has 1 saturated carbocycles. The number of benzene rings is 1. The van der Waals surface area contributed by atoms with E-state index in [0.717, 1.165) is 13.0 Å². The van der Waals surface area contributed by atoms with Gasteiger partial charge in [0.1, 0.15) is 0 Å². The number of nitrogens with one attached hydrogen (secondary N) is 2. The third kappa shape index (κ3) is 4.80. The third-order valence-electron chi connectivity index (χ3n) is 5.58. The summed E-state index contributed by atoms with van der Waals surface area (Å²) in [5, 5.41) is 0. The molecule has 0 bridgehead atoms. The first-order chi connectivity index (χ1) is 11.6. The van der Waals surface area contributed by atoms with Crippen molar-refractivity contribution in [1.82, 2.24) is 4.72 Å². The zero-order chi connectivity index (χ0) is 16.8. The van der Waals surface area contributed by atoms with Crippen molar-refractivity contribution in [2.24, 2.45) is 0 Å². The van der Waals surface area contributed by atoms with E-state index in [1.54, 1.807) is 17.0 Å². The average molecular weight is 352 g/mol. The summed E-state index contributed by atoms with van der Waals surface area (Å²) in [7, 11) is -3.36. The van der Waals surface area contributed by atoms with Gasteiger partial charge < -0.3 is 4.90 Å². The largest absolute Gasteiger partial charge is 0.335 e. The first kappa shape index (κ1) is 17.9. The van der Waals surface area contributed by atoms with E-state index in [0.29, 0.717) is 17.4 Å². The van der Waals surface area contributed by atoms with Crippen molar-refractivity contribution in [2.45, 2.75) is 62.2 Å². The molecule has 5 heteroatoms. The molecular formula is C19H31N2O2S+. The lowest BCUT2D eigenvalue weighted by atomic mass is 9.84. The minimum absolute atomic E-state index is 0.399. The smallest absolute Gasteiger partial charge is 0.240 e. The zero-order valence-electron chi connectivity index (χ0n) is 14.6. The molecule has 1 aliphatic heterocycles. The molecule has 2 aliphatic rings. The second kappa shape index (κ2) is 8.45. The summed E-state index contributed by atoms with van der Waals surface area (Å²) in [6, 6.07) is 7.58. The number of rotatable bonds is 7. The molecule has 3 rings (SSSR count). The number of hydrogen-bond acceptors (Lipinski definition) is 2. The van der Waals surface area contributed by atoms with Gasteiger partial charge in [-0.25, -0.2) is 13.1 Å². The van der Waals surface area contributed by atoms with Crippen LogP contribution in [0.1, 0.15) is 62.8 Å². The van der Waals surface area contributed by atoms with E-state index < -0.39 is 10.0 Å². The van der Waals surface area contributed by atoms with E-state index in [9.17, 15) is 8.42 Å². The summed E-state index contributed by atoms with van der Waals surface area (Å²) < 4.78 is 27.6. The Bertz CT molecular complexity index is 601. The van der Waals surface area contributed by atoms with Crippen LogP contribution in [0.5, 0.6) is 0 Å². The lowest BCUT2D eigenvalue weighted by molar-refractivity contribution is -0.887. The highest BCUT2D eigenvalue weighted by molar-refractivity contribution is 7.89. The highest BCUT2D eigenvalue weighted by atomic mass is 32.2. The van der Waals surface area contributed by atoms with Crippen LogP contribution in [-0.2, 0) is 10.0 Å². The third-order valence-corrected chi connectivity index (χ3v) is 7.05. The van der Waals surface area contributed by atoms with Crippen LogP contribution in [0.4, 0.5) is 0 Å². The molecule has 0 amide bonds. The molecule has 0 aromatic heterocycles. The van der Waals surface area contributed by atoms with Crippen molar-refractivity contribution >= 4 is 10.0 Å². The van der Waals surface area contributed by atoms with Crippen molar-refractivity contribution in [2.75, 3.05) is 26.2 Å². The Morgan fingerprint density at radius 2 is 1.62 bits per heavy atom. The number of quaternary nitrogens is 1. The molecule has 134 valence electrons. The molecule has 2 N–H and O–H groups in total. The van der Waals surface area contributed by atoms with Crippen LogP contribution in [0.2, 0.25) is 0 Å². The maximum Gasteiger partial charge on any atom is 0.240 e. The van der Waals surface area contributed by atoms with Crippen LogP contribution in [0.15, 0.2) is 29.2 Å². The van der Waals surface area contributed by atoms with Gasteiger partial charge in [-0.05, 0) is 36.5 Å². The van der Waals surface area contributed by atoms with Crippen LogP contribution in [-0.4, -0.2) is 34.6 Å². The monoisotopic (exact) mass is 351 g/mol. The van der Waals surface area contributed by atoms with Crippen molar-refractivity contribution in [3.05, 3.63) is 29.8 Å². The van der Waals surface area contributed by atoms with Gasteiger partial charge in [-0.15, -0.1) is 0 Å². The topological polar surface area (TPSA) is 50.6 Å². The van der Waals surface area contributed by atoms with E-state index in [1.165, 1.54) is 63.6 Å². The minimum Gasteiger partial charge on any atom is -0.335 e. The quantitative estimate of drug-likeness (QED) is 0.739. The summed E-state index contributed by atoms with van der Waals surface area (Å²) >= 11 is 0.